The lowest BCUT2D eigenvalue weighted by atomic mass is 10.0. The van der Waals surface area contributed by atoms with Gasteiger partial charge in [-0.3, -0.25) is 9.80 Å². The maximum Gasteiger partial charge on any atom is 0.416 e. The number of ether oxygens (including phenoxy) is 1. The Morgan fingerprint density at radius 1 is 1.03 bits per heavy atom. The highest BCUT2D eigenvalue weighted by Gasteiger charge is 2.32. The van der Waals surface area contributed by atoms with Gasteiger partial charge in [-0.2, -0.15) is 13.2 Å². The minimum atomic E-state index is -4.32. The van der Waals surface area contributed by atoms with Crippen molar-refractivity contribution in [2.24, 2.45) is 0 Å². The molecular weight excluding hydrogens is 419 g/mol. The first kappa shape index (κ1) is 22.7. The van der Waals surface area contributed by atoms with Gasteiger partial charge in [0.2, 0.25) is 0 Å². The molecule has 0 unspecified atom stereocenters. The van der Waals surface area contributed by atoms with Gasteiger partial charge in [0.1, 0.15) is 11.5 Å². The first-order valence-electron chi connectivity index (χ1n) is 11.1. The second-order valence-corrected chi connectivity index (χ2v) is 8.60. The van der Waals surface area contributed by atoms with Crippen LogP contribution in [0, 0.1) is 0 Å². The van der Waals surface area contributed by atoms with Crippen LogP contribution in [-0.2, 0) is 12.7 Å². The fourth-order valence-electron chi connectivity index (χ4n) is 4.75. The van der Waals surface area contributed by atoms with Crippen LogP contribution in [0.3, 0.4) is 0 Å². The number of piperazine rings is 1. The molecule has 2 heterocycles. The predicted octanol–water partition coefficient (Wildman–Crippen LogP) is 4.21. The lowest BCUT2D eigenvalue weighted by molar-refractivity contribution is -0.137. The lowest BCUT2D eigenvalue weighted by Gasteiger charge is -2.44. The van der Waals surface area contributed by atoms with Crippen LogP contribution in [0.25, 0.3) is 0 Å². The highest BCUT2D eigenvalue weighted by molar-refractivity contribution is 5.49. The van der Waals surface area contributed by atoms with Crippen LogP contribution >= 0.6 is 0 Å². The Bertz CT molecular complexity index is 914. The fraction of sp³-hybridized carbons (Fsp3) is 0.500. The number of anilines is 1. The summed E-state index contributed by atoms with van der Waals surface area (Å²) in [5.41, 5.74) is 0.902. The minimum absolute atomic E-state index is 0.280. The summed E-state index contributed by atoms with van der Waals surface area (Å²) >= 11 is 0. The van der Waals surface area contributed by atoms with Gasteiger partial charge >= 0.3 is 6.18 Å². The average Bonchev–Trinajstić information content (AvgIpc) is 2.80. The van der Waals surface area contributed by atoms with E-state index in [-0.39, 0.29) is 5.75 Å². The molecule has 174 valence electrons. The third-order valence-electron chi connectivity index (χ3n) is 6.53. The number of piperidine rings is 1. The number of rotatable bonds is 5. The Morgan fingerprint density at radius 3 is 2.53 bits per heavy atom. The quantitative estimate of drug-likeness (QED) is 0.741. The molecule has 2 aliphatic rings. The molecule has 5 nitrogen and oxygen atoms in total. The molecule has 0 aromatic heterocycles. The molecule has 32 heavy (non-hydrogen) atoms. The summed E-state index contributed by atoms with van der Waals surface area (Å²) in [5, 5.41) is 10.2. The molecule has 0 bridgehead atoms. The van der Waals surface area contributed by atoms with E-state index < -0.39 is 11.7 Å². The maximum absolute atomic E-state index is 13.0. The largest absolute Gasteiger partial charge is 0.508 e. The number of phenolic OH excluding ortho intramolecular Hbond substituents is 1. The second kappa shape index (κ2) is 9.58. The molecule has 0 saturated carbocycles. The van der Waals surface area contributed by atoms with E-state index in [9.17, 15) is 18.3 Å². The van der Waals surface area contributed by atoms with Crippen molar-refractivity contribution in [2.45, 2.75) is 31.6 Å². The van der Waals surface area contributed by atoms with Crippen molar-refractivity contribution >= 4 is 5.69 Å². The van der Waals surface area contributed by atoms with Crippen LogP contribution in [0.2, 0.25) is 0 Å². The van der Waals surface area contributed by atoms with Gasteiger partial charge in [0.15, 0.2) is 0 Å². The third-order valence-corrected chi connectivity index (χ3v) is 6.53. The third kappa shape index (κ3) is 5.30. The van der Waals surface area contributed by atoms with Crippen molar-refractivity contribution in [2.75, 3.05) is 51.3 Å². The molecule has 4 rings (SSSR count). The second-order valence-electron chi connectivity index (χ2n) is 8.60. The van der Waals surface area contributed by atoms with Gasteiger partial charge in [0, 0.05) is 56.6 Å². The monoisotopic (exact) mass is 449 g/mol. The van der Waals surface area contributed by atoms with Gasteiger partial charge in [0.25, 0.3) is 0 Å². The van der Waals surface area contributed by atoms with Crippen molar-refractivity contribution in [1.82, 2.24) is 9.80 Å². The molecule has 2 aromatic rings. The molecule has 2 saturated heterocycles. The molecule has 1 N–H and O–H groups in total. The molecule has 2 aromatic carbocycles. The average molecular weight is 450 g/mol. The van der Waals surface area contributed by atoms with Crippen LogP contribution in [0.4, 0.5) is 18.9 Å². The Labute approximate surface area is 187 Å². The van der Waals surface area contributed by atoms with Crippen molar-refractivity contribution in [3.63, 3.8) is 0 Å². The van der Waals surface area contributed by atoms with E-state index in [1.54, 1.807) is 25.3 Å². The van der Waals surface area contributed by atoms with E-state index in [0.717, 1.165) is 56.4 Å². The molecule has 0 amide bonds. The highest BCUT2D eigenvalue weighted by atomic mass is 19.4. The Hall–Kier alpha value is -2.45. The molecule has 2 fully saturated rings. The zero-order valence-corrected chi connectivity index (χ0v) is 18.3. The fourth-order valence-corrected chi connectivity index (χ4v) is 4.75. The Kier molecular flexibility index (Phi) is 6.81. The molecule has 2 aliphatic heterocycles. The first-order chi connectivity index (χ1) is 15.3. The van der Waals surface area contributed by atoms with E-state index in [2.05, 4.69) is 9.80 Å². The van der Waals surface area contributed by atoms with Crippen LogP contribution < -0.4 is 9.64 Å². The van der Waals surface area contributed by atoms with Crippen molar-refractivity contribution in [3.05, 3.63) is 53.6 Å². The highest BCUT2D eigenvalue weighted by Crippen LogP contribution is 2.32. The number of hydrogen-bond acceptors (Lipinski definition) is 5. The van der Waals surface area contributed by atoms with Crippen LogP contribution in [0.5, 0.6) is 11.5 Å². The zero-order valence-electron chi connectivity index (χ0n) is 18.3. The number of nitrogens with zero attached hydrogens (tertiary/aromatic N) is 3. The van der Waals surface area contributed by atoms with Crippen LogP contribution in [0.1, 0.15) is 24.0 Å². The number of halogens is 3. The van der Waals surface area contributed by atoms with Crippen molar-refractivity contribution in [1.29, 1.82) is 0 Å². The Balaban J connectivity index is 1.34. The minimum Gasteiger partial charge on any atom is -0.508 e. The zero-order chi connectivity index (χ0) is 22.7. The van der Waals surface area contributed by atoms with E-state index in [1.807, 2.05) is 11.0 Å². The summed E-state index contributed by atoms with van der Waals surface area (Å²) in [4.78, 5) is 6.87. The lowest BCUT2D eigenvalue weighted by Crippen LogP contribution is -2.55. The summed E-state index contributed by atoms with van der Waals surface area (Å²) in [6, 6.07) is 11.3. The van der Waals surface area contributed by atoms with Crippen LogP contribution in [-0.4, -0.2) is 67.3 Å². The summed E-state index contributed by atoms with van der Waals surface area (Å²) in [6.07, 6.45) is -2.12. The number of aromatic hydroxyl groups is 1. The summed E-state index contributed by atoms with van der Waals surface area (Å²) in [6.45, 7) is 5.67. The number of methoxy groups -OCH3 is 1. The van der Waals surface area contributed by atoms with Gasteiger partial charge in [-0.15, -0.1) is 0 Å². The van der Waals surface area contributed by atoms with Gasteiger partial charge in [0.05, 0.1) is 12.7 Å². The van der Waals surface area contributed by atoms with Crippen molar-refractivity contribution < 1.29 is 23.0 Å². The molecule has 0 aliphatic carbocycles. The molecular formula is C24H30F3N3O2. The van der Waals surface area contributed by atoms with Gasteiger partial charge < -0.3 is 14.7 Å². The summed E-state index contributed by atoms with van der Waals surface area (Å²) in [5.74, 6) is 1.01. The predicted molar refractivity (Wildman–Crippen MR) is 118 cm³/mol. The Morgan fingerprint density at radius 2 is 1.81 bits per heavy atom. The number of hydrogen-bond donors (Lipinski definition) is 1. The smallest absolute Gasteiger partial charge is 0.416 e. The molecule has 8 heteroatoms. The van der Waals surface area contributed by atoms with Gasteiger partial charge in [-0.1, -0.05) is 6.07 Å². The standard InChI is InChI=1S/C24H30F3N3O2/c1-32-22-7-8-23(31)18(14-22)16-28-9-3-6-21(17-28)30-12-10-29(11-13-30)20-5-2-4-19(15-20)24(25,26)27/h2,4-5,7-8,14-15,21,31H,3,6,9-13,16-17H2,1H3/t21-/m1/s1. The number of phenols is 1. The maximum atomic E-state index is 13.0. The van der Waals surface area contributed by atoms with E-state index in [4.69, 9.17) is 4.74 Å². The van der Waals surface area contributed by atoms with E-state index >= 15 is 0 Å². The molecule has 0 radical (unpaired) electrons. The van der Waals surface area contributed by atoms with E-state index in [1.165, 1.54) is 12.1 Å². The number of likely N-dealkylation sites (tertiary alicyclic amines) is 1. The topological polar surface area (TPSA) is 39.2 Å². The van der Waals surface area contributed by atoms with Gasteiger partial charge in [-0.05, 0) is 55.8 Å². The SMILES string of the molecule is COc1ccc(O)c(CN2CCC[C@@H](N3CCN(c4cccc(C(F)(F)F)c4)CC3)C2)c1. The number of alkyl halides is 3. The van der Waals surface area contributed by atoms with Gasteiger partial charge in [-0.25, -0.2) is 0 Å². The van der Waals surface area contributed by atoms with Crippen LogP contribution in [0.15, 0.2) is 42.5 Å². The first-order valence-corrected chi connectivity index (χ1v) is 11.1. The summed E-state index contributed by atoms with van der Waals surface area (Å²) in [7, 11) is 1.62. The normalized spacial score (nSPS) is 21.0. The molecule has 0 spiro atoms. The van der Waals surface area contributed by atoms with Crippen molar-refractivity contribution in [3.8, 4) is 11.5 Å². The molecule has 1 atom stereocenters. The summed E-state index contributed by atoms with van der Waals surface area (Å²) < 4.78 is 44.4. The number of benzene rings is 2. The van der Waals surface area contributed by atoms with E-state index in [0.29, 0.717) is 31.4 Å².